The summed E-state index contributed by atoms with van der Waals surface area (Å²) < 4.78 is 15.1. The van der Waals surface area contributed by atoms with Gasteiger partial charge in [-0.3, -0.25) is 4.79 Å². The molecule has 0 fully saturated rings. The van der Waals surface area contributed by atoms with Crippen LogP contribution >= 0.6 is 11.6 Å². The number of nitrogens with one attached hydrogen (secondary N) is 1. The SMILES string of the molecule is O=c1[nH]cnc2c1cnn2Cc1c(F)cccc1Cl. The van der Waals surface area contributed by atoms with Gasteiger partial charge in [0.1, 0.15) is 11.2 Å². The molecule has 0 spiro atoms. The zero-order valence-electron chi connectivity index (χ0n) is 9.60. The Hall–Kier alpha value is -2.21. The van der Waals surface area contributed by atoms with Crippen molar-refractivity contribution in [1.29, 1.82) is 0 Å². The van der Waals surface area contributed by atoms with E-state index in [0.717, 1.165) is 0 Å². The van der Waals surface area contributed by atoms with E-state index >= 15 is 0 Å². The van der Waals surface area contributed by atoms with E-state index in [0.29, 0.717) is 21.6 Å². The molecule has 0 saturated heterocycles. The van der Waals surface area contributed by atoms with Gasteiger partial charge in [0.15, 0.2) is 5.65 Å². The summed E-state index contributed by atoms with van der Waals surface area (Å²) in [4.78, 5) is 18.0. The van der Waals surface area contributed by atoms with Gasteiger partial charge in [0.2, 0.25) is 0 Å². The standard InChI is InChI=1S/C12H8ClFN4O/c13-9-2-1-3-10(14)8(9)5-18-11-7(4-17-18)12(19)16-6-15-11/h1-4,6H,5H2,(H,15,16,19). The van der Waals surface area contributed by atoms with E-state index in [2.05, 4.69) is 15.1 Å². The third-order valence-electron chi connectivity index (χ3n) is 2.81. The molecule has 7 heteroatoms. The molecule has 0 amide bonds. The van der Waals surface area contributed by atoms with Crippen LogP contribution < -0.4 is 5.56 Å². The average molecular weight is 279 g/mol. The van der Waals surface area contributed by atoms with E-state index in [-0.39, 0.29) is 12.1 Å². The number of nitrogens with zero attached hydrogens (tertiary/aromatic N) is 3. The number of aromatic nitrogens is 4. The maximum Gasteiger partial charge on any atom is 0.261 e. The zero-order valence-corrected chi connectivity index (χ0v) is 10.4. The van der Waals surface area contributed by atoms with Crippen molar-refractivity contribution in [3.63, 3.8) is 0 Å². The monoisotopic (exact) mass is 278 g/mol. The van der Waals surface area contributed by atoms with Gasteiger partial charge >= 0.3 is 0 Å². The Balaban J connectivity index is 2.12. The third-order valence-corrected chi connectivity index (χ3v) is 3.16. The topological polar surface area (TPSA) is 63.6 Å². The molecule has 96 valence electrons. The molecule has 0 bridgehead atoms. The molecule has 0 aliphatic rings. The summed E-state index contributed by atoms with van der Waals surface area (Å²) in [6.45, 7) is 0.117. The molecule has 3 aromatic rings. The van der Waals surface area contributed by atoms with E-state index in [4.69, 9.17) is 11.6 Å². The Morgan fingerprint density at radius 2 is 2.26 bits per heavy atom. The largest absolute Gasteiger partial charge is 0.312 e. The second kappa shape index (κ2) is 4.47. The first-order chi connectivity index (χ1) is 9.16. The van der Waals surface area contributed by atoms with Gasteiger partial charge in [-0.15, -0.1) is 0 Å². The third kappa shape index (κ3) is 2.00. The van der Waals surface area contributed by atoms with E-state index in [1.165, 1.54) is 29.3 Å². The fraction of sp³-hybridized carbons (Fsp3) is 0.0833. The minimum atomic E-state index is -0.416. The highest BCUT2D eigenvalue weighted by Gasteiger charge is 2.12. The number of hydrogen-bond acceptors (Lipinski definition) is 3. The van der Waals surface area contributed by atoms with Gasteiger partial charge < -0.3 is 4.98 Å². The van der Waals surface area contributed by atoms with Crippen LogP contribution in [0.25, 0.3) is 11.0 Å². The Morgan fingerprint density at radius 3 is 3.05 bits per heavy atom. The van der Waals surface area contributed by atoms with Gasteiger partial charge in [-0.1, -0.05) is 17.7 Å². The number of aromatic amines is 1. The molecule has 0 unspecified atom stereocenters. The lowest BCUT2D eigenvalue weighted by molar-refractivity contribution is 0.589. The minimum absolute atomic E-state index is 0.117. The fourth-order valence-corrected chi connectivity index (χ4v) is 2.08. The zero-order chi connectivity index (χ0) is 13.4. The number of hydrogen-bond donors (Lipinski definition) is 1. The van der Waals surface area contributed by atoms with Gasteiger partial charge in [-0.2, -0.15) is 5.10 Å². The van der Waals surface area contributed by atoms with Crippen molar-refractivity contribution in [3.05, 3.63) is 57.5 Å². The van der Waals surface area contributed by atoms with Crippen LogP contribution in [0.2, 0.25) is 5.02 Å². The van der Waals surface area contributed by atoms with Crippen molar-refractivity contribution in [1.82, 2.24) is 19.7 Å². The van der Waals surface area contributed by atoms with Crippen LogP contribution in [0, 0.1) is 5.82 Å². The molecule has 0 atom stereocenters. The highest BCUT2D eigenvalue weighted by molar-refractivity contribution is 6.31. The molecule has 2 heterocycles. The van der Waals surface area contributed by atoms with Gasteiger partial charge in [-0.05, 0) is 12.1 Å². The number of halogens is 2. The van der Waals surface area contributed by atoms with Gasteiger partial charge in [0, 0.05) is 10.6 Å². The van der Waals surface area contributed by atoms with Crippen molar-refractivity contribution in [3.8, 4) is 0 Å². The van der Waals surface area contributed by atoms with Crippen molar-refractivity contribution in [2.45, 2.75) is 6.54 Å². The van der Waals surface area contributed by atoms with E-state index in [1.54, 1.807) is 6.07 Å². The maximum atomic E-state index is 13.7. The lowest BCUT2D eigenvalue weighted by atomic mass is 10.2. The highest BCUT2D eigenvalue weighted by atomic mass is 35.5. The first-order valence-electron chi connectivity index (χ1n) is 5.49. The molecule has 2 aromatic heterocycles. The summed E-state index contributed by atoms with van der Waals surface area (Å²) in [5, 5.41) is 4.71. The maximum absolute atomic E-state index is 13.7. The molecule has 0 saturated carbocycles. The highest BCUT2D eigenvalue weighted by Crippen LogP contribution is 2.20. The van der Waals surface area contributed by atoms with Crippen LogP contribution in [0.4, 0.5) is 4.39 Å². The van der Waals surface area contributed by atoms with Crippen LogP contribution in [0.1, 0.15) is 5.56 Å². The van der Waals surface area contributed by atoms with Crippen molar-refractivity contribution in [2.24, 2.45) is 0 Å². The van der Waals surface area contributed by atoms with Crippen molar-refractivity contribution in [2.75, 3.05) is 0 Å². The smallest absolute Gasteiger partial charge is 0.261 e. The summed E-state index contributed by atoms with van der Waals surface area (Å²) >= 11 is 5.96. The van der Waals surface area contributed by atoms with E-state index < -0.39 is 5.82 Å². The van der Waals surface area contributed by atoms with Crippen LogP contribution in [-0.2, 0) is 6.54 Å². The molecule has 0 radical (unpaired) electrons. The van der Waals surface area contributed by atoms with Crippen molar-refractivity contribution >= 4 is 22.6 Å². The molecule has 19 heavy (non-hydrogen) atoms. The minimum Gasteiger partial charge on any atom is -0.312 e. The Labute approximate surface area is 111 Å². The number of benzene rings is 1. The molecule has 3 rings (SSSR count). The molecular weight excluding hydrogens is 271 g/mol. The summed E-state index contributed by atoms with van der Waals surface area (Å²) in [6, 6.07) is 4.46. The normalized spacial score (nSPS) is 11.1. The Kier molecular flexibility index (Phi) is 2.79. The van der Waals surface area contributed by atoms with Crippen LogP contribution in [-0.4, -0.2) is 19.7 Å². The number of fused-ring (bicyclic) bond motifs is 1. The summed E-state index contributed by atoms with van der Waals surface area (Å²) in [5.41, 5.74) is 0.426. The van der Waals surface area contributed by atoms with Crippen molar-refractivity contribution < 1.29 is 4.39 Å². The lowest BCUT2D eigenvalue weighted by Gasteiger charge is -2.06. The number of rotatable bonds is 2. The molecule has 0 aliphatic carbocycles. The Bertz CT molecular complexity index is 791. The lowest BCUT2D eigenvalue weighted by Crippen LogP contribution is -2.09. The van der Waals surface area contributed by atoms with Gasteiger partial charge in [-0.25, -0.2) is 14.1 Å². The predicted octanol–water partition coefficient (Wildman–Crippen LogP) is 1.96. The van der Waals surface area contributed by atoms with Crippen LogP contribution in [0.15, 0.2) is 35.5 Å². The van der Waals surface area contributed by atoms with Gasteiger partial charge in [0.05, 0.1) is 19.1 Å². The molecule has 1 N–H and O–H groups in total. The molecular formula is C12H8ClFN4O. The summed E-state index contributed by atoms with van der Waals surface area (Å²) in [5.74, 6) is -0.416. The summed E-state index contributed by atoms with van der Waals surface area (Å²) in [6.07, 6.45) is 2.68. The second-order valence-corrected chi connectivity index (χ2v) is 4.38. The average Bonchev–Trinajstić information content (AvgIpc) is 2.79. The Morgan fingerprint density at radius 1 is 1.42 bits per heavy atom. The fourth-order valence-electron chi connectivity index (χ4n) is 1.85. The van der Waals surface area contributed by atoms with Crippen LogP contribution in [0.3, 0.4) is 0 Å². The first-order valence-corrected chi connectivity index (χ1v) is 5.86. The first kappa shape index (κ1) is 11.9. The molecule has 1 aromatic carbocycles. The summed E-state index contributed by atoms with van der Waals surface area (Å²) in [7, 11) is 0. The predicted molar refractivity (Wildman–Crippen MR) is 68.7 cm³/mol. The number of H-pyrrole nitrogens is 1. The van der Waals surface area contributed by atoms with Crippen LogP contribution in [0.5, 0.6) is 0 Å². The van der Waals surface area contributed by atoms with E-state index in [9.17, 15) is 9.18 Å². The molecule has 5 nitrogen and oxygen atoms in total. The van der Waals surface area contributed by atoms with Gasteiger partial charge in [0.25, 0.3) is 5.56 Å². The van der Waals surface area contributed by atoms with E-state index in [1.807, 2.05) is 0 Å². The quantitative estimate of drug-likeness (QED) is 0.779. The molecule has 0 aliphatic heterocycles. The second-order valence-electron chi connectivity index (χ2n) is 3.97.